The number of halogens is 2. The number of quaternary nitrogens is 1. The Kier molecular flexibility index (Phi) is 5.06. The van der Waals surface area contributed by atoms with Crippen molar-refractivity contribution in [2.75, 3.05) is 19.7 Å². The van der Waals surface area contributed by atoms with Crippen molar-refractivity contribution >= 4 is 5.97 Å². The highest BCUT2D eigenvalue weighted by atomic mass is 19.1. The largest absolute Gasteiger partial charge is 0.466 e. The maximum absolute atomic E-state index is 13.6. The van der Waals surface area contributed by atoms with Gasteiger partial charge in [0, 0.05) is 24.5 Å². The molecular weight excluding hydrogens is 264 g/mol. The van der Waals surface area contributed by atoms with Crippen molar-refractivity contribution in [3.63, 3.8) is 0 Å². The number of benzene rings is 1. The molecular formula is C15H20F2NO2+. The Labute approximate surface area is 117 Å². The van der Waals surface area contributed by atoms with E-state index in [1.165, 1.54) is 17.0 Å². The quantitative estimate of drug-likeness (QED) is 0.846. The number of nitrogens with one attached hydrogen (secondary N) is 1. The Morgan fingerprint density at radius 3 is 2.65 bits per heavy atom. The van der Waals surface area contributed by atoms with Crippen molar-refractivity contribution in [2.24, 2.45) is 5.92 Å². The summed E-state index contributed by atoms with van der Waals surface area (Å²) in [6, 6.07) is 3.69. The van der Waals surface area contributed by atoms with Gasteiger partial charge in [-0.3, -0.25) is 4.79 Å². The number of likely N-dealkylation sites (tertiary alicyclic amines) is 1. The van der Waals surface area contributed by atoms with Gasteiger partial charge in [0.25, 0.3) is 0 Å². The van der Waals surface area contributed by atoms with Gasteiger partial charge in [-0.1, -0.05) is 0 Å². The van der Waals surface area contributed by atoms with E-state index in [9.17, 15) is 13.6 Å². The molecule has 1 aromatic rings. The Morgan fingerprint density at radius 1 is 1.35 bits per heavy atom. The molecule has 1 heterocycles. The summed E-state index contributed by atoms with van der Waals surface area (Å²) in [5.74, 6) is -1.21. The Balaban J connectivity index is 1.86. The van der Waals surface area contributed by atoms with E-state index in [-0.39, 0.29) is 11.9 Å². The highest BCUT2D eigenvalue weighted by Gasteiger charge is 2.28. The molecule has 3 nitrogen and oxygen atoms in total. The minimum absolute atomic E-state index is 0.0308. The average Bonchev–Trinajstić information content (AvgIpc) is 2.43. The second-order valence-corrected chi connectivity index (χ2v) is 5.19. The molecule has 1 saturated heterocycles. The average molecular weight is 284 g/mol. The molecule has 0 atom stereocenters. The molecule has 1 fully saturated rings. The smallest absolute Gasteiger partial charge is 0.309 e. The number of hydrogen-bond acceptors (Lipinski definition) is 2. The third-order valence-corrected chi connectivity index (χ3v) is 3.77. The second kappa shape index (κ2) is 6.79. The molecule has 0 amide bonds. The van der Waals surface area contributed by atoms with Crippen LogP contribution in [0.5, 0.6) is 0 Å². The van der Waals surface area contributed by atoms with E-state index in [1.54, 1.807) is 6.92 Å². The minimum Gasteiger partial charge on any atom is -0.466 e. The van der Waals surface area contributed by atoms with Gasteiger partial charge in [-0.15, -0.1) is 0 Å². The number of carbonyl (C=O) groups excluding carboxylic acids is 1. The highest BCUT2D eigenvalue weighted by molar-refractivity contribution is 5.72. The molecule has 0 aromatic heterocycles. The summed E-state index contributed by atoms with van der Waals surface area (Å²) in [6.45, 7) is 4.35. The standard InChI is InChI=1S/C15H19F2NO2/c1-2-20-15(19)11-5-7-18(8-6-11)10-12-3-4-13(16)9-14(12)17/h3-4,9,11H,2,5-8,10H2,1H3/p+1. The molecule has 0 bridgehead atoms. The van der Waals surface area contributed by atoms with Crippen LogP contribution in [-0.2, 0) is 16.1 Å². The van der Waals surface area contributed by atoms with Crippen LogP contribution in [0.25, 0.3) is 0 Å². The molecule has 5 heteroatoms. The Hall–Kier alpha value is -1.49. The fourth-order valence-electron chi connectivity index (χ4n) is 2.63. The van der Waals surface area contributed by atoms with Crippen molar-refractivity contribution in [2.45, 2.75) is 26.3 Å². The summed E-state index contributed by atoms with van der Waals surface area (Å²) in [5, 5.41) is 0. The lowest BCUT2D eigenvalue weighted by atomic mass is 9.96. The summed E-state index contributed by atoms with van der Waals surface area (Å²) < 4.78 is 31.4. The molecule has 1 N–H and O–H groups in total. The van der Waals surface area contributed by atoms with E-state index in [2.05, 4.69) is 0 Å². The van der Waals surface area contributed by atoms with Crippen LogP contribution in [0.15, 0.2) is 18.2 Å². The summed E-state index contributed by atoms with van der Waals surface area (Å²) in [5.41, 5.74) is 0.524. The van der Waals surface area contributed by atoms with E-state index < -0.39 is 11.6 Å². The molecule has 0 unspecified atom stereocenters. The topological polar surface area (TPSA) is 30.7 Å². The van der Waals surface area contributed by atoms with Crippen molar-refractivity contribution in [1.29, 1.82) is 0 Å². The molecule has 0 aliphatic carbocycles. The molecule has 20 heavy (non-hydrogen) atoms. The molecule has 0 spiro atoms. The first-order valence-corrected chi connectivity index (χ1v) is 7.04. The minimum atomic E-state index is -0.553. The van der Waals surface area contributed by atoms with Gasteiger partial charge in [-0.05, 0) is 19.1 Å². The summed E-state index contributed by atoms with van der Waals surface area (Å²) >= 11 is 0. The highest BCUT2D eigenvalue weighted by Crippen LogP contribution is 2.13. The van der Waals surface area contributed by atoms with Gasteiger partial charge in [0.15, 0.2) is 0 Å². The third kappa shape index (κ3) is 3.76. The predicted octanol–water partition coefficient (Wildman–Crippen LogP) is 1.32. The fourth-order valence-corrected chi connectivity index (χ4v) is 2.63. The number of ether oxygens (including phenoxy) is 1. The predicted molar refractivity (Wildman–Crippen MR) is 70.1 cm³/mol. The number of esters is 1. The monoisotopic (exact) mass is 284 g/mol. The number of carbonyl (C=O) groups is 1. The fraction of sp³-hybridized carbons (Fsp3) is 0.533. The van der Waals surface area contributed by atoms with Crippen molar-refractivity contribution < 1.29 is 23.2 Å². The van der Waals surface area contributed by atoms with Gasteiger partial charge in [0.1, 0.15) is 18.2 Å². The molecule has 1 aromatic carbocycles. The van der Waals surface area contributed by atoms with Crippen LogP contribution in [0.3, 0.4) is 0 Å². The lowest BCUT2D eigenvalue weighted by molar-refractivity contribution is -0.919. The van der Waals surface area contributed by atoms with Crippen LogP contribution in [0.4, 0.5) is 8.78 Å². The zero-order valence-corrected chi connectivity index (χ0v) is 11.6. The van der Waals surface area contributed by atoms with Gasteiger partial charge >= 0.3 is 5.97 Å². The van der Waals surface area contributed by atoms with Crippen LogP contribution in [-0.4, -0.2) is 25.7 Å². The number of piperidine rings is 1. The molecule has 2 rings (SSSR count). The third-order valence-electron chi connectivity index (χ3n) is 3.77. The SMILES string of the molecule is CCOC(=O)C1CC[NH+](Cc2ccc(F)cc2F)CC1. The molecule has 0 radical (unpaired) electrons. The van der Waals surface area contributed by atoms with Crippen LogP contribution in [0.2, 0.25) is 0 Å². The molecule has 1 aliphatic heterocycles. The molecule has 1 aliphatic rings. The maximum Gasteiger partial charge on any atom is 0.309 e. The van der Waals surface area contributed by atoms with Crippen LogP contribution in [0, 0.1) is 17.6 Å². The van der Waals surface area contributed by atoms with Crippen molar-refractivity contribution in [3.8, 4) is 0 Å². The lowest BCUT2D eigenvalue weighted by Crippen LogP contribution is -3.11. The first-order valence-electron chi connectivity index (χ1n) is 7.04. The van der Waals surface area contributed by atoms with E-state index in [1.807, 2.05) is 0 Å². The Bertz CT molecular complexity index is 471. The normalized spacial score (nSPS) is 22.6. The molecule has 0 saturated carbocycles. The molecule has 110 valence electrons. The van der Waals surface area contributed by atoms with Gasteiger partial charge in [-0.25, -0.2) is 8.78 Å². The van der Waals surface area contributed by atoms with Crippen molar-refractivity contribution in [3.05, 3.63) is 35.4 Å². The van der Waals surface area contributed by atoms with Crippen LogP contribution in [0.1, 0.15) is 25.3 Å². The van der Waals surface area contributed by atoms with Crippen LogP contribution >= 0.6 is 0 Å². The van der Waals surface area contributed by atoms with Gasteiger partial charge in [0.05, 0.1) is 25.6 Å². The first kappa shape index (κ1) is 14.9. The maximum atomic E-state index is 13.6. The van der Waals surface area contributed by atoms with E-state index in [0.717, 1.165) is 32.0 Å². The van der Waals surface area contributed by atoms with E-state index in [4.69, 9.17) is 4.74 Å². The first-order chi connectivity index (χ1) is 9.60. The second-order valence-electron chi connectivity index (χ2n) is 5.19. The van der Waals surface area contributed by atoms with Gasteiger partial charge in [0.2, 0.25) is 0 Å². The summed E-state index contributed by atoms with van der Waals surface area (Å²) in [6.07, 6.45) is 1.52. The van der Waals surface area contributed by atoms with Crippen molar-refractivity contribution in [1.82, 2.24) is 0 Å². The van der Waals surface area contributed by atoms with E-state index >= 15 is 0 Å². The van der Waals surface area contributed by atoms with Gasteiger partial charge < -0.3 is 9.64 Å². The summed E-state index contributed by atoms with van der Waals surface area (Å²) in [4.78, 5) is 12.8. The number of hydrogen-bond donors (Lipinski definition) is 1. The number of rotatable bonds is 4. The lowest BCUT2D eigenvalue weighted by Gasteiger charge is -2.28. The summed E-state index contributed by atoms with van der Waals surface area (Å²) in [7, 11) is 0. The van der Waals surface area contributed by atoms with Gasteiger partial charge in [-0.2, -0.15) is 0 Å². The van der Waals surface area contributed by atoms with E-state index in [0.29, 0.717) is 18.7 Å². The zero-order chi connectivity index (χ0) is 14.5. The zero-order valence-electron chi connectivity index (χ0n) is 11.6. The Morgan fingerprint density at radius 2 is 2.05 bits per heavy atom. The van der Waals surface area contributed by atoms with Crippen LogP contribution < -0.4 is 4.90 Å².